The summed E-state index contributed by atoms with van der Waals surface area (Å²) in [7, 11) is 0. The van der Waals surface area contributed by atoms with Gasteiger partial charge < -0.3 is 10.6 Å². The molecule has 2 rings (SSSR count). The summed E-state index contributed by atoms with van der Waals surface area (Å²) in [6.45, 7) is 4.65. The maximum Gasteiger partial charge on any atom is 0.275 e. The second-order valence-electron chi connectivity index (χ2n) is 4.21. The molecule has 104 valence electrons. The number of hydrogen-bond donors (Lipinski definition) is 2. The average Bonchev–Trinajstić information content (AvgIpc) is 2.44. The molecule has 6 heteroatoms. The molecule has 0 saturated heterocycles. The summed E-state index contributed by atoms with van der Waals surface area (Å²) in [6, 6.07) is 5.68. The van der Waals surface area contributed by atoms with E-state index in [0.29, 0.717) is 11.5 Å². The summed E-state index contributed by atoms with van der Waals surface area (Å²) in [4.78, 5) is 20.4. The molecule has 0 aliphatic carbocycles. The van der Waals surface area contributed by atoms with Gasteiger partial charge in [0.05, 0.1) is 18.1 Å². The number of nitrogens with zero attached hydrogens (tertiary/aromatic N) is 2. The second-order valence-corrected chi connectivity index (χ2v) is 5.00. The lowest BCUT2D eigenvalue weighted by Crippen LogP contribution is -2.15. The van der Waals surface area contributed by atoms with Crippen LogP contribution in [0.2, 0.25) is 0 Å². The van der Waals surface area contributed by atoms with Crippen molar-refractivity contribution in [2.45, 2.75) is 13.8 Å². The summed E-state index contributed by atoms with van der Waals surface area (Å²) >= 11 is 3.46. The van der Waals surface area contributed by atoms with Crippen LogP contribution in [0.3, 0.4) is 0 Å². The smallest absolute Gasteiger partial charge is 0.275 e. The molecule has 1 aromatic heterocycles. The molecule has 1 amide bonds. The number of rotatable bonds is 4. The molecule has 0 saturated carbocycles. The number of anilines is 2. The van der Waals surface area contributed by atoms with Crippen molar-refractivity contribution >= 4 is 33.3 Å². The molecule has 1 aromatic carbocycles. The monoisotopic (exact) mass is 334 g/mol. The lowest BCUT2D eigenvalue weighted by Gasteiger charge is -2.09. The number of benzene rings is 1. The molecule has 0 bridgehead atoms. The Morgan fingerprint density at radius 1 is 1.35 bits per heavy atom. The summed E-state index contributed by atoms with van der Waals surface area (Å²) in [6.07, 6.45) is 3.03. The first-order valence-corrected chi connectivity index (χ1v) is 7.03. The molecule has 0 fully saturated rings. The molecule has 2 aromatic rings. The van der Waals surface area contributed by atoms with E-state index in [0.717, 1.165) is 16.6 Å². The predicted molar refractivity (Wildman–Crippen MR) is 83.0 cm³/mol. The van der Waals surface area contributed by atoms with Crippen LogP contribution in [0.1, 0.15) is 23.0 Å². The standard InChI is InChI=1S/C14H15BrN4O/c1-3-17-12-8-16-7-11(18-12)14(20)19-10-6-4-5-9(2)13(10)15/h4-8H,3H2,1-2H3,(H,17,18)(H,19,20). The van der Waals surface area contributed by atoms with E-state index in [2.05, 4.69) is 36.5 Å². The number of amides is 1. The molecule has 0 atom stereocenters. The number of carbonyl (C=O) groups is 1. The number of nitrogens with one attached hydrogen (secondary N) is 2. The number of aromatic nitrogens is 2. The van der Waals surface area contributed by atoms with Gasteiger partial charge in [-0.25, -0.2) is 4.98 Å². The lowest BCUT2D eigenvalue weighted by atomic mass is 10.2. The third-order valence-electron chi connectivity index (χ3n) is 2.67. The van der Waals surface area contributed by atoms with Gasteiger partial charge in [-0.3, -0.25) is 9.78 Å². The van der Waals surface area contributed by atoms with Crippen LogP contribution in [0.25, 0.3) is 0 Å². The van der Waals surface area contributed by atoms with Crippen LogP contribution < -0.4 is 10.6 Å². The van der Waals surface area contributed by atoms with Gasteiger partial charge in [0, 0.05) is 11.0 Å². The molecule has 20 heavy (non-hydrogen) atoms. The molecule has 0 aliphatic heterocycles. The quantitative estimate of drug-likeness (QED) is 0.900. The Balaban J connectivity index is 2.19. The minimum atomic E-state index is -0.288. The van der Waals surface area contributed by atoms with E-state index >= 15 is 0 Å². The fraction of sp³-hybridized carbons (Fsp3) is 0.214. The van der Waals surface area contributed by atoms with Crippen molar-refractivity contribution < 1.29 is 4.79 Å². The van der Waals surface area contributed by atoms with Gasteiger partial charge in [-0.1, -0.05) is 12.1 Å². The van der Waals surface area contributed by atoms with E-state index in [9.17, 15) is 4.79 Å². The summed E-state index contributed by atoms with van der Waals surface area (Å²) in [5.74, 6) is 0.298. The van der Waals surface area contributed by atoms with E-state index in [1.807, 2.05) is 32.0 Å². The van der Waals surface area contributed by atoms with Crippen molar-refractivity contribution in [1.82, 2.24) is 9.97 Å². The van der Waals surface area contributed by atoms with Gasteiger partial charge in [-0.05, 0) is 41.4 Å². The zero-order valence-corrected chi connectivity index (χ0v) is 12.9. The maximum atomic E-state index is 12.2. The molecule has 5 nitrogen and oxygen atoms in total. The Bertz CT molecular complexity index is 630. The molecule has 0 radical (unpaired) electrons. The van der Waals surface area contributed by atoms with E-state index in [-0.39, 0.29) is 11.6 Å². The number of hydrogen-bond acceptors (Lipinski definition) is 4. The van der Waals surface area contributed by atoms with Gasteiger partial charge in [0.1, 0.15) is 11.5 Å². The second kappa shape index (κ2) is 6.47. The van der Waals surface area contributed by atoms with Crippen molar-refractivity contribution in [3.63, 3.8) is 0 Å². The summed E-state index contributed by atoms with van der Waals surface area (Å²) < 4.78 is 0.865. The topological polar surface area (TPSA) is 66.9 Å². The molecule has 0 aliphatic rings. The number of carbonyl (C=O) groups excluding carboxylic acids is 1. The average molecular weight is 335 g/mol. The van der Waals surface area contributed by atoms with Gasteiger partial charge in [-0.15, -0.1) is 0 Å². The highest BCUT2D eigenvalue weighted by Crippen LogP contribution is 2.26. The van der Waals surface area contributed by atoms with Gasteiger partial charge in [0.2, 0.25) is 0 Å². The van der Waals surface area contributed by atoms with Crippen LogP contribution in [0.15, 0.2) is 35.1 Å². The van der Waals surface area contributed by atoms with Crippen molar-refractivity contribution in [2.75, 3.05) is 17.2 Å². The Labute approximate surface area is 126 Å². The van der Waals surface area contributed by atoms with Crippen LogP contribution in [0, 0.1) is 6.92 Å². The predicted octanol–water partition coefficient (Wildman–Crippen LogP) is 3.23. The van der Waals surface area contributed by atoms with Crippen LogP contribution >= 0.6 is 15.9 Å². The molecule has 2 N–H and O–H groups in total. The van der Waals surface area contributed by atoms with Crippen LogP contribution in [-0.2, 0) is 0 Å². The molecular weight excluding hydrogens is 320 g/mol. The Morgan fingerprint density at radius 3 is 2.90 bits per heavy atom. The lowest BCUT2D eigenvalue weighted by molar-refractivity contribution is 0.102. The summed E-state index contributed by atoms with van der Waals surface area (Å²) in [5.41, 5.74) is 2.04. The van der Waals surface area contributed by atoms with Crippen LogP contribution in [0.4, 0.5) is 11.5 Å². The zero-order valence-electron chi connectivity index (χ0n) is 11.3. The number of aryl methyl sites for hydroxylation is 1. The van der Waals surface area contributed by atoms with Crippen molar-refractivity contribution in [3.05, 3.63) is 46.3 Å². The third-order valence-corrected chi connectivity index (χ3v) is 3.72. The van der Waals surface area contributed by atoms with Crippen molar-refractivity contribution in [1.29, 1.82) is 0 Å². The minimum absolute atomic E-state index is 0.275. The largest absolute Gasteiger partial charge is 0.369 e. The molecule has 0 unspecified atom stereocenters. The first-order valence-electron chi connectivity index (χ1n) is 6.24. The van der Waals surface area contributed by atoms with Gasteiger partial charge >= 0.3 is 0 Å². The molecule has 1 heterocycles. The van der Waals surface area contributed by atoms with Crippen LogP contribution in [0.5, 0.6) is 0 Å². The fourth-order valence-electron chi connectivity index (χ4n) is 1.67. The first kappa shape index (κ1) is 14.5. The summed E-state index contributed by atoms with van der Waals surface area (Å²) in [5, 5.41) is 5.84. The van der Waals surface area contributed by atoms with Crippen LogP contribution in [-0.4, -0.2) is 22.4 Å². The van der Waals surface area contributed by atoms with E-state index < -0.39 is 0 Å². The van der Waals surface area contributed by atoms with E-state index in [4.69, 9.17) is 0 Å². The SMILES string of the molecule is CCNc1cncc(C(=O)Nc2cccc(C)c2Br)n1. The van der Waals surface area contributed by atoms with Crippen molar-refractivity contribution in [2.24, 2.45) is 0 Å². The van der Waals surface area contributed by atoms with Crippen molar-refractivity contribution in [3.8, 4) is 0 Å². The zero-order chi connectivity index (χ0) is 14.5. The van der Waals surface area contributed by atoms with Gasteiger partial charge in [-0.2, -0.15) is 0 Å². The third kappa shape index (κ3) is 3.33. The highest BCUT2D eigenvalue weighted by Gasteiger charge is 2.11. The molecule has 0 spiro atoms. The highest BCUT2D eigenvalue weighted by atomic mass is 79.9. The Morgan fingerprint density at radius 2 is 2.15 bits per heavy atom. The Hall–Kier alpha value is -1.95. The highest BCUT2D eigenvalue weighted by molar-refractivity contribution is 9.10. The minimum Gasteiger partial charge on any atom is -0.369 e. The first-order chi connectivity index (χ1) is 9.61. The van der Waals surface area contributed by atoms with Gasteiger partial charge in [0.15, 0.2) is 0 Å². The normalized spacial score (nSPS) is 10.2. The van der Waals surface area contributed by atoms with E-state index in [1.165, 1.54) is 6.20 Å². The van der Waals surface area contributed by atoms with E-state index in [1.54, 1.807) is 6.20 Å². The fourth-order valence-corrected chi connectivity index (χ4v) is 2.04. The number of halogens is 1. The molecular formula is C14H15BrN4O. The maximum absolute atomic E-state index is 12.2. The Kier molecular flexibility index (Phi) is 4.68. The van der Waals surface area contributed by atoms with Gasteiger partial charge in [0.25, 0.3) is 5.91 Å².